The van der Waals surface area contributed by atoms with E-state index < -0.39 is 11.7 Å². The Hall–Kier alpha value is -2.43. The Morgan fingerprint density at radius 2 is 1.95 bits per heavy atom. The fraction of sp³-hybridized carbons (Fsp3) is 0.267. The summed E-state index contributed by atoms with van der Waals surface area (Å²) >= 11 is 0. The quantitative estimate of drug-likeness (QED) is 0.800. The van der Waals surface area contributed by atoms with Crippen LogP contribution in [-0.4, -0.2) is 21.5 Å². The van der Waals surface area contributed by atoms with Crippen LogP contribution in [0.15, 0.2) is 30.3 Å². The molecule has 0 spiro atoms. The highest BCUT2D eigenvalue weighted by Gasteiger charge is 2.35. The number of carbonyl (C=O) groups excluding carboxylic acids is 2. The number of anilines is 1. The van der Waals surface area contributed by atoms with Gasteiger partial charge in [-0.3, -0.25) is 19.2 Å². The van der Waals surface area contributed by atoms with Gasteiger partial charge < -0.3 is 0 Å². The van der Waals surface area contributed by atoms with Gasteiger partial charge in [-0.25, -0.2) is 0 Å². The normalized spacial score (nSPS) is 14.0. The second-order valence-electron chi connectivity index (χ2n) is 4.83. The molecule has 1 aliphatic heterocycles. The number of amides is 1. The van der Waals surface area contributed by atoms with Crippen molar-refractivity contribution in [2.24, 2.45) is 0 Å². The van der Waals surface area contributed by atoms with E-state index in [4.69, 9.17) is 0 Å². The number of aromatic nitrogens is 2. The number of carbonyl (C=O) groups is 2. The average Bonchev–Trinajstić information content (AvgIpc) is 2.93. The van der Waals surface area contributed by atoms with Crippen molar-refractivity contribution in [3.8, 4) is 0 Å². The molecule has 0 radical (unpaired) electrons. The average molecular weight is 269 g/mol. The molecule has 0 saturated heterocycles. The zero-order chi connectivity index (χ0) is 14.3. The molecule has 0 bridgehead atoms. The SMILES string of the molecule is CCn1nc(C)cc1CN1C(=O)C(=O)c2ccccc21. The first-order chi connectivity index (χ1) is 9.61. The molecule has 5 heteroatoms. The van der Waals surface area contributed by atoms with E-state index in [2.05, 4.69) is 5.10 Å². The predicted octanol–water partition coefficient (Wildman–Crippen LogP) is 1.94. The van der Waals surface area contributed by atoms with Crippen molar-refractivity contribution < 1.29 is 9.59 Å². The molecule has 2 heterocycles. The molecule has 1 aromatic carbocycles. The monoisotopic (exact) mass is 269 g/mol. The lowest BCUT2D eigenvalue weighted by Crippen LogP contribution is -2.30. The number of benzene rings is 1. The van der Waals surface area contributed by atoms with E-state index in [1.165, 1.54) is 4.90 Å². The minimum Gasteiger partial charge on any atom is -0.299 e. The van der Waals surface area contributed by atoms with Crippen molar-refractivity contribution >= 4 is 17.4 Å². The van der Waals surface area contributed by atoms with Crippen molar-refractivity contribution in [2.45, 2.75) is 26.9 Å². The molecular weight excluding hydrogens is 254 g/mol. The van der Waals surface area contributed by atoms with Crippen LogP contribution in [-0.2, 0) is 17.9 Å². The van der Waals surface area contributed by atoms with E-state index in [9.17, 15) is 9.59 Å². The van der Waals surface area contributed by atoms with Gasteiger partial charge in [0.15, 0.2) is 0 Å². The maximum atomic E-state index is 12.1. The number of ketones is 1. The van der Waals surface area contributed by atoms with Crippen molar-refractivity contribution in [3.63, 3.8) is 0 Å². The van der Waals surface area contributed by atoms with Crippen molar-refractivity contribution in [3.05, 3.63) is 47.3 Å². The lowest BCUT2D eigenvalue weighted by Gasteiger charge is -2.16. The molecule has 0 atom stereocenters. The van der Waals surface area contributed by atoms with E-state index in [-0.39, 0.29) is 0 Å². The fourth-order valence-corrected chi connectivity index (χ4v) is 2.57. The minimum atomic E-state index is -0.465. The number of aryl methyl sites for hydroxylation is 2. The third-order valence-corrected chi connectivity index (χ3v) is 3.48. The highest BCUT2D eigenvalue weighted by molar-refractivity contribution is 6.52. The molecule has 102 valence electrons. The van der Waals surface area contributed by atoms with Crippen LogP contribution < -0.4 is 4.90 Å². The zero-order valence-corrected chi connectivity index (χ0v) is 11.5. The molecule has 3 rings (SSSR count). The Labute approximate surface area is 116 Å². The van der Waals surface area contributed by atoms with Crippen LogP contribution in [0.2, 0.25) is 0 Å². The van der Waals surface area contributed by atoms with Crippen LogP contribution in [0.3, 0.4) is 0 Å². The maximum Gasteiger partial charge on any atom is 0.299 e. The van der Waals surface area contributed by atoms with Gasteiger partial charge in [0.05, 0.1) is 29.2 Å². The lowest BCUT2D eigenvalue weighted by atomic mass is 10.1. The molecule has 0 saturated carbocycles. The van der Waals surface area contributed by atoms with Gasteiger partial charge in [0.25, 0.3) is 11.7 Å². The number of fused-ring (bicyclic) bond motifs is 1. The predicted molar refractivity (Wildman–Crippen MR) is 74.6 cm³/mol. The van der Waals surface area contributed by atoms with Gasteiger partial charge in [-0.15, -0.1) is 0 Å². The van der Waals surface area contributed by atoms with Crippen molar-refractivity contribution in [1.29, 1.82) is 0 Å². The first-order valence-corrected chi connectivity index (χ1v) is 6.60. The van der Waals surface area contributed by atoms with Gasteiger partial charge in [-0.1, -0.05) is 12.1 Å². The largest absolute Gasteiger partial charge is 0.299 e. The number of hydrogen-bond donors (Lipinski definition) is 0. The molecule has 1 amide bonds. The highest BCUT2D eigenvalue weighted by Crippen LogP contribution is 2.29. The van der Waals surface area contributed by atoms with Crippen LogP contribution >= 0.6 is 0 Å². The topological polar surface area (TPSA) is 55.2 Å². The number of para-hydroxylation sites is 1. The summed E-state index contributed by atoms with van der Waals surface area (Å²) in [6, 6.07) is 9.05. The van der Waals surface area contributed by atoms with Crippen molar-refractivity contribution in [1.82, 2.24) is 9.78 Å². The van der Waals surface area contributed by atoms with E-state index >= 15 is 0 Å². The Morgan fingerprint density at radius 3 is 2.70 bits per heavy atom. The number of nitrogens with zero attached hydrogens (tertiary/aromatic N) is 3. The first-order valence-electron chi connectivity index (χ1n) is 6.60. The molecular formula is C15H15N3O2. The molecule has 20 heavy (non-hydrogen) atoms. The van der Waals surface area contributed by atoms with Gasteiger partial charge in [-0.2, -0.15) is 5.10 Å². The summed E-state index contributed by atoms with van der Waals surface area (Å²) in [7, 11) is 0. The van der Waals surface area contributed by atoms with Gasteiger partial charge in [0.2, 0.25) is 0 Å². The summed E-state index contributed by atoms with van der Waals surface area (Å²) in [4.78, 5) is 25.6. The number of rotatable bonds is 3. The van der Waals surface area contributed by atoms with E-state index in [0.29, 0.717) is 17.8 Å². The molecule has 0 N–H and O–H groups in total. The standard InChI is InChI=1S/C15H15N3O2/c1-3-18-11(8-10(2)16-18)9-17-13-7-5-4-6-12(13)14(19)15(17)20/h4-8H,3,9H2,1-2H3. The molecule has 1 aliphatic rings. The van der Waals surface area contributed by atoms with Crippen LogP contribution in [0.5, 0.6) is 0 Å². The Morgan fingerprint density at radius 1 is 1.20 bits per heavy atom. The summed E-state index contributed by atoms with van der Waals surface area (Å²) in [5.41, 5.74) is 3.01. The smallest absolute Gasteiger partial charge is 0.299 e. The number of Topliss-reactive ketones (excluding diaryl/α,β-unsaturated/α-hetero) is 1. The van der Waals surface area contributed by atoms with Crippen LogP contribution in [0.25, 0.3) is 0 Å². The summed E-state index contributed by atoms with van der Waals surface area (Å²) < 4.78 is 1.86. The summed E-state index contributed by atoms with van der Waals surface area (Å²) in [6.07, 6.45) is 0. The fourth-order valence-electron chi connectivity index (χ4n) is 2.57. The lowest BCUT2D eigenvalue weighted by molar-refractivity contribution is -0.114. The van der Waals surface area contributed by atoms with Gasteiger partial charge in [-0.05, 0) is 32.0 Å². The minimum absolute atomic E-state index is 0.371. The Kier molecular flexibility index (Phi) is 2.89. The second-order valence-corrected chi connectivity index (χ2v) is 4.83. The van der Waals surface area contributed by atoms with Crippen molar-refractivity contribution in [2.75, 3.05) is 4.90 Å². The van der Waals surface area contributed by atoms with Gasteiger partial charge in [0, 0.05) is 6.54 Å². The summed E-state index contributed by atoms with van der Waals surface area (Å²) in [5, 5.41) is 4.36. The molecule has 0 fully saturated rings. The third kappa shape index (κ3) is 1.82. The zero-order valence-electron chi connectivity index (χ0n) is 11.5. The first kappa shape index (κ1) is 12.6. The second kappa shape index (κ2) is 4.59. The van der Waals surface area contributed by atoms with E-state index in [1.54, 1.807) is 18.2 Å². The van der Waals surface area contributed by atoms with Crippen LogP contribution in [0.1, 0.15) is 28.7 Å². The summed E-state index contributed by atoms with van der Waals surface area (Å²) in [6.45, 7) is 5.03. The van der Waals surface area contributed by atoms with E-state index in [0.717, 1.165) is 17.9 Å². The van der Waals surface area contributed by atoms with E-state index in [1.807, 2.05) is 30.7 Å². The third-order valence-electron chi connectivity index (χ3n) is 3.48. The maximum absolute atomic E-state index is 12.1. The Balaban J connectivity index is 1.99. The summed E-state index contributed by atoms with van der Waals surface area (Å²) in [5.74, 6) is -0.896. The molecule has 0 aliphatic carbocycles. The number of hydrogen-bond acceptors (Lipinski definition) is 3. The van der Waals surface area contributed by atoms with Crippen LogP contribution in [0, 0.1) is 6.92 Å². The molecule has 5 nitrogen and oxygen atoms in total. The molecule has 0 unspecified atom stereocenters. The van der Waals surface area contributed by atoms with Gasteiger partial charge in [0.1, 0.15) is 0 Å². The molecule has 2 aromatic rings. The van der Waals surface area contributed by atoms with Gasteiger partial charge >= 0.3 is 0 Å². The Bertz CT molecular complexity index is 703. The van der Waals surface area contributed by atoms with Crippen LogP contribution in [0.4, 0.5) is 5.69 Å². The molecule has 1 aromatic heterocycles. The highest BCUT2D eigenvalue weighted by atomic mass is 16.2.